The molecule has 0 spiro atoms. The lowest BCUT2D eigenvalue weighted by atomic mass is 9.46. The molecule has 0 saturated heterocycles. The zero-order valence-electron chi connectivity index (χ0n) is 22.6. The summed E-state index contributed by atoms with van der Waals surface area (Å²) in [6.45, 7) is 2.96. The van der Waals surface area contributed by atoms with E-state index in [-0.39, 0.29) is 55.1 Å². The van der Waals surface area contributed by atoms with Gasteiger partial charge in [0.25, 0.3) is 5.09 Å². The number of hydrogen-bond donors (Lipinski definition) is 2. The molecule has 4 aliphatic rings. The van der Waals surface area contributed by atoms with Crippen molar-refractivity contribution in [3.8, 4) is 0 Å². The van der Waals surface area contributed by atoms with Crippen LogP contribution in [0.5, 0.6) is 0 Å². The number of nitrogens with zero attached hydrogens (tertiary/aromatic N) is 2. The molecule has 3 fully saturated rings. The van der Waals surface area contributed by atoms with Crippen molar-refractivity contribution < 1.29 is 39.3 Å². The van der Waals surface area contributed by atoms with Crippen LogP contribution in [0.15, 0.2) is 42.0 Å². The molecule has 0 aromatic carbocycles. The summed E-state index contributed by atoms with van der Waals surface area (Å²) < 4.78 is 5.24. The van der Waals surface area contributed by atoms with E-state index in [2.05, 4.69) is 16.7 Å². The van der Waals surface area contributed by atoms with Crippen molar-refractivity contribution in [1.29, 1.82) is 0 Å². The molecule has 0 bridgehead atoms. The summed E-state index contributed by atoms with van der Waals surface area (Å²) in [5.74, 6) is -1.42. The zero-order valence-corrected chi connectivity index (χ0v) is 22.6. The number of allylic oxidation sites excluding steroid dienone is 4. The summed E-state index contributed by atoms with van der Waals surface area (Å²) >= 11 is 0. The number of Topliss-reactive ketones (excluding diaryl/α,β-unsaturated/α-hetero) is 1. The van der Waals surface area contributed by atoms with Crippen LogP contribution < -0.4 is 0 Å². The second kappa shape index (κ2) is 10.2. The Labute approximate surface area is 231 Å². The molecule has 3 saturated carbocycles. The van der Waals surface area contributed by atoms with Gasteiger partial charge in [-0.2, -0.15) is 0 Å². The first-order valence-electron chi connectivity index (χ1n) is 13.6. The van der Waals surface area contributed by atoms with Gasteiger partial charge in [-0.1, -0.05) is 31.6 Å². The van der Waals surface area contributed by atoms with E-state index >= 15 is 0 Å². The summed E-state index contributed by atoms with van der Waals surface area (Å²) in [7, 11) is 0. The van der Waals surface area contributed by atoms with Crippen molar-refractivity contribution in [2.75, 3.05) is 6.61 Å². The molecule has 0 amide bonds. The lowest BCUT2D eigenvalue weighted by Crippen LogP contribution is -2.61. The molecule has 11 heteroatoms. The van der Waals surface area contributed by atoms with Crippen LogP contribution in [0.3, 0.4) is 0 Å². The second-order valence-corrected chi connectivity index (χ2v) is 12.0. The number of carbonyl (C=O) groups excluding carboxylic acids is 3. The number of hydrogen-bond acceptors (Lipinski definition) is 10. The van der Waals surface area contributed by atoms with Gasteiger partial charge < -0.3 is 19.8 Å². The molecule has 5 rings (SSSR count). The Morgan fingerprint density at radius 2 is 1.98 bits per heavy atom. The monoisotopic (exact) mass is 554 g/mol. The average Bonchev–Trinajstić information content (AvgIpc) is 3.17. The third-order valence-corrected chi connectivity index (χ3v) is 9.98. The van der Waals surface area contributed by atoms with Gasteiger partial charge in [0.2, 0.25) is 5.78 Å². The highest BCUT2D eigenvalue weighted by atomic mass is 16.9. The molecule has 2 N–H and O–H groups in total. The Bertz CT molecular complexity index is 1310. The summed E-state index contributed by atoms with van der Waals surface area (Å²) in [4.78, 5) is 56.8. The van der Waals surface area contributed by atoms with Crippen LogP contribution in [-0.2, 0) is 37.0 Å². The van der Waals surface area contributed by atoms with Crippen molar-refractivity contribution in [2.45, 2.75) is 70.7 Å². The van der Waals surface area contributed by atoms with Crippen molar-refractivity contribution in [3.05, 3.63) is 63.5 Å². The van der Waals surface area contributed by atoms with E-state index in [9.17, 15) is 34.7 Å². The van der Waals surface area contributed by atoms with Gasteiger partial charge in [-0.05, 0) is 68.2 Å². The molecule has 1 heterocycles. The van der Waals surface area contributed by atoms with E-state index in [4.69, 9.17) is 4.74 Å². The molecular weight excluding hydrogens is 520 g/mol. The fraction of sp³-hybridized carbons (Fsp3) is 0.586. The number of rotatable bonds is 8. The van der Waals surface area contributed by atoms with Crippen molar-refractivity contribution >= 4 is 17.5 Å². The van der Waals surface area contributed by atoms with Crippen LogP contribution in [-0.4, -0.2) is 56.1 Å². The Morgan fingerprint density at radius 3 is 2.73 bits per heavy atom. The van der Waals surface area contributed by atoms with E-state index in [1.54, 1.807) is 24.3 Å². The van der Waals surface area contributed by atoms with Crippen LogP contribution in [0.2, 0.25) is 0 Å². The van der Waals surface area contributed by atoms with Crippen LogP contribution >= 0.6 is 0 Å². The molecule has 0 aliphatic heterocycles. The Hall–Kier alpha value is -3.44. The maximum Gasteiger partial charge on any atom is 0.312 e. The lowest BCUT2D eigenvalue weighted by molar-refractivity contribution is -0.763. The van der Waals surface area contributed by atoms with Crippen molar-refractivity contribution in [3.63, 3.8) is 0 Å². The Morgan fingerprint density at radius 1 is 1.23 bits per heavy atom. The van der Waals surface area contributed by atoms with Gasteiger partial charge in [0, 0.05) is 16.7 Å². The minimum Gasteiger partial charge on any atom is -0.457 e. The second-order valence-electron chi connectivity index (χ2n) is 12.0. The van der Waals surface area contributed by atoms with E-state index in [0.29, 0.717) is 12.1 Å². The maximum absolute atomic E-state index is 13.4. The van der Waals surface area contributed by atoms with Crippen molar-refractivity contribution in [2.24, 2.45) is 28.6 Å². The topological polar surface area (TPSA) is 166 Å². The summed E-state index contributed by atoms with van der Waals surface area (Å²) in [6.07, 6.45) is 6.68. The highest BCUT2D eigenvalue weighted by Crippen LogP contribution is 2.67. The molecule has 1 aromatic heterocycles. The first-order valence-corrected chi connectivity index (χ1v) is 13.6. The van der Waals surface area contributed by atoms with E-state index in [1.165, 1.54) is 6.07 Å². The van der Waals surface area contributed by atoms with E-state index in [1.807, 2.05) is 13.0 Å². The van der Waals surface area contributed by atoms with Gasteiger partial charge in [-0.15, -0.1) is 10.1 Å². The molecule has 40 heavy (non-hydrogen) atoms. The van der Waals surface area contributed by atoms with Gasteiger partial charge >= 0.3 is 5.97 Å². The third kappa shape index (κ3) is 4.64. The van der Waals surface area contributed by atoms with Crippen LogP contribution in [0.1, 0.15) is 57.3 Å². The predicted octanol–water partition coefficient (Wildman–Crippen LogP) is 2.45. The number of pyridine rings is 1. The zero-order chi connectivity index (χ0) is 28.9. The van der Waals surface area contributed by atoms with Gasteiger partial charge in [0.1, 0.15) is 12.2 Å². The maximum atomic E-state index is 13.4. The SMILES string of the molecule is C[C@]12C=CC(=O)C=C1CCC1C2[C@@H](O)C[C@@]2(C)C1CC[C@]2(O)C(=O)COC(=O)Cc1cccc(CO[N+](=O)[O-])n1. The normalized spacial score (nSPS) is 36.1. The molecule has 1 aromatic rings. The fourth-order valence-electron chi connectivity index (χ4n) is 8.08. The quantitative estimate of drug-likeness (QED) is 0.277. The molecule has 4 aliphatic carbocycles. The Balaban J connectivity index is 1.25. The van der Waals surface area contributed by atoms with Crippen LogP contribution in [0.4, 0.5) is 0 Å². The van der Waals surface area contributed by atoms with Crippen LogP contribution in [0.25, 0.3) is 0 Å². The smallest absolute Gasteiger partial charge is 0.312 e. The first-order chi connectivity index (χ1) is 18.9. The standard InChI is InChI=1S/C29H34N2O9/c1-27-10-8-20(32)12-17(27)6-7-21-22-9-11-29(36,28(22,2)14-23(33)26(21)27)24(34)16-39-25(35)13-18-4-3-5-19(30-18)15-40-31(37)38/h3-5,8,10,12,21-23,26,33,36H,6-7,9,11,13-16H2,1-2H3/t21?,22?,23-,26?,27-,28-,29-/m0/s1. The number of carbonyl (C=O) groups is 3. The largest absolute Gasteiger partial charge is 0.457 e. The lowest BCUT2D eigenvalue weighted by Gasteiger charge is -2.59. The molecule has 7 atom stereocenters. The fourth-order valence-corrected chi connectivity index (χ4v) is 8.08. The molecule has 11 nitrogen and oxygen atoms in total. The highest BCUT2D eigenvalue weighted by Gasteiger charge is 2.68. The minimum absolute atomic E-state index is 0.0109. The summed E-state index contributed by atoms with van der Waals surface area (Å²) in [6, 6.07) is 4.65. The number of ether oxygens (including phenoxy) is 1. The molecule has 3 unspecified atom stereocenters. The number of ketones is 2. The van der Waals surface area contributed by atoms with Crippen molar-refractivity contribution in [1.82, 2.24) is 4.98 Å². The summed E-state index contributed by atoms with van der Waals surface area (Å²) in [5.41, 5.74) is -1.50. The number of fused-ring (bicyclic) bond motifs is 5. The van der Waals surface area contributed by atoms with Gasteiger partial charge in [-0.25, -0.2) is 0 Å². The number of aliphatic hydroxyl groups is 2. The molecule has 214 valence electrons. The van der Waals surface area contributed by atoms with E-state index in [0.717, 1.165) is 18.4 Å². The average molecular weight is 555 g/mol. The highest BCUT2D eigenvalue weighted by molar-refractivity contribution is 6.01. The van der Waals surface area contributed by atoms with Gasteiger partial charge in [0.15, 0.2) is 12.4 Å². The number of aromatic nitrogens is 1. The molecular formula is C29H34N2O9. The van der Waals surface area contributed by atoms with E-state index < -0.39 is 46.0 Å². The predicted molar refractivity (Wildman–Crippen MR) is 139 cm³/mol. The minimum atomic E-state index is -1.75. The summed E-state index contributed by atoms with van der Waals surface area (Å²) in [5, 5.41) is 32.7. The van der Waals surface area contributed by atoms with Gasteiger partial charge in [0.05, 0.1) is 23.9 Å². The van der Waals surface area contributed by atoms with Crippen LogP contribution in [0, 0.1) is 38.7 Å². The first kappa shape index (κ1) is 28.1. The number of esters is 1. The van der Waals surface area contributed by atoms with Gasteiger partial charge in [-0.3, -0.25) is 19.4 Å². The number of aliphatic hydroxyl groups excluding tert-OH is 1. The molecule has 0 radical (unpaired) electrons. The third-order valence-electron chi connectivity index (χ3n) is 9.98. The Kier molecular flexibility index (Phi) is 7.16.